The average Bonchev–Trinajstić information content (AvgIpc) is 2.45. The average molecular weight is 288 g/mol. The zero-order valence-corrected chi connectivity index (χ0v) is 11.8. The van der Waals surface area contributed by atoms with Gasteiger partial charge in [-0.05, 0) is 42.0 Å². The number of nitrogens with one attached hydrogen (secondary N) is 1. The van der Waals surface area contributed by atoms with Crippen molar-refractivity contribution in [3.05, 3.63) is 36.4 Å². The minimum absolute atomic E-state index is 0.517. The van der Waals surface area contributed by atoms with Gasteiger partial charge in [0.05, 0.1) is 7.11 Å². The number of ether oxygens (including phenoxy) is 2. The van der Waals surface area contributed by atoms with E-state index in [1.807, 2.05) is 29.6 Å². The van der Waals surface area contributed by atoms with Crippen molar-refractivity contribution in [2.45, 2.75) is 13.0 Å². The van der Waals surface area contributed by atoms with E-state index in [0.717, 1.165) is 16.5 Å². The van der Waals surface area contributed by atoms with Gasteiger partial charge in [-0.25, -0.2) is 4.79 Å². The van der Waals surface area contributed by atoms with E-state index in [0.29, 0.717) is 5.75 Å². The molecule has 6 nitrogen and oxygen atoms in total. The van der Waals surface area contributed by atoms with Crippen LogP contribution in [0.3, 0.4) is 0 Å². The molecule has 0 aliphatic heterocycles. The van der Waals surface area contributed by atoms with Crippen molar-refractivity contribution in [3.8, 4) is 11.5 Å². The van der Waals surface area contributed by atoms with Crippen LogP contribution in [0, 0.1) is 0 Å². The molecule has 110 valence electrons. The molecule has 2 aromatic carbocycles. The molecule has 2 rings (SSSR count). The van der Waals surface area contributed by atoms with Crippen LogP contribution in [0.15, 0.2) is 36.4 Å². The number of primary amides is 1. The summed E-state index contributed by atoms with van der Waals surface area (Å²) in [4.78, 5) is 22.2. The van der Waals surface area contributed by atoms with Crippen LogP contribution < -0.4 is 20.5 Å². The van der Waals surface area contributed by atoms with E-state index in [9.17, 15) is 9.59 Å². The Morgan fingerprint density at radius 3 is 2.33 bits per heavy atom. The second-order valence-corrected chi connectivity index (χ2v) is 4.49. The SMILES string of the molecule is COc1ccc2ccc(O[C@H](C)C(=O)NC(N)=O)cc2c1. The number of methoxy groups -OCH3 is 1. The highest BCUT2D eigenvalue weighted by molar-refractivity contribution is 5.95. The Morgan fingerprint density at radius 2 is 1.71 bits per heavy atom. The third-order valence-electron chi connectivity index (χ3n) is 2.95. The summed E-state index contributed by atoms with van der Waals surface area (Å²) < 4.78 is 10.7. The van der Waals surface area contributed by atoms with Crippen LogP contribution in [0.25, 0.3) is 10.8 Å². The number of nitrogens with two attached hydrogens (primary N) is 1. The first kappa shape index (κ1) is 14.6. The predicted molar refractivity (Wildman–Crippen MR) is 78.3 cm³/mol. The Kier molecular flexibility index (Phi) is 4.27. The Balaban J connectivity index is 2.18. The van der Waals surface area contributed by atoms with Crippen molar-refractivity contribution in [3.63, 3.8) is 0 Å². The molecule has 1 atom stereocenters. The van der Waals surface area contributed by atoms with E-state index in [1.165, 1.54) is 6.92 Å². The highest BCUT2D eigenvalue weighted by Crippen LogP contribution is 2.25. The van der Waals surface area contributed by atoms with Gasteiger partial charge in [0.25, 0.3) is 5.91 Å². The molecule has 0 aromatic heterocycles. The summed E-state index contributed by atoms with van der Waals surface area (Å²) >= 11 is 0. The zero-order chi connectivity index (χ0) is 15.4. The van der Waals surface area contributed by atoms with Crippen molar-refractivity contribution in [1.29, 1.82) is 0 Å². The Morgan fingerprint density at radius 1 is 1.10 bits per heavy atom. The number of imide groups is 1. The molecular weight excluding hydrogens is 272 g/mol. The molecule has 3 N–H and O–H groups in total. The lowest BCUT2D eigenvalue weighted by atomic mass is 10.1. The Bertz CT molecular complexity index is 684. The largest absolute Gasteiger partial charge is 0.497 e. The second-order valence-electron chi connectivity index (χ2n) is 4.49. The number of fused-ring (bicyclic) bond motifs is 1. The molecule has 0 unspecified atom stereocenters. The van der Waals surface area contributed by atoms with Crippen molar-refractivity contribution >= 4 is 22.7 Å². The molecule has 6 heteroatoms. The van der Waals surface area contributed by atoms with E-state index < -0.39 is 18.0 Å². The van der Waals surface area contributed by atoms with Gasteiger partial charge in [0.2, 0.25) is 0 Å². The van der Waals surface area contributed by atoms with E-state index in [-0.39, 0.29) is 0 Å². The van der Waals surface area contributed by atoms with Crippen LogP contribution in [0.1, 0.15) is 6.92 Å². The normalized spacial score (nSPS) is 11.7. The number of benzene rings is 2. The van der Waals surface area contributed by atoms with E-state index in [1.54, 1.807) is 19.2 Å². The van der Waals surface area contributed by atoms with Crippen molar-refractivity contribution in [1.82, 2.24) is 5.32 Å². The smallest absolute Gasteiger partial charge is 0.318 e. The fourth-order valence-corrected chi connectivity index (χ4v) is 1.88. The fraction of sp³-hybridized carbons (Fsp3) is 0.200. The van der Waals surface area contributed by atoms with Gasteiger partial charge in [0, 0.05) is 0 Å². The molecule has 0 fully saturated rings. The van der Waals surface area contributed by atoms with E-state index in [2.05, 4.69) is 0 Å². The molecule has 0 heterocycles. The van der Waals surface area contributed by atoms with Crippen LogP contribution in [0.5, 0.6) is 11.5 Å². The van der Waals surface area contributed by atoms with Gasteiger partial charge >= 0.3 is 6.03 Å². The zero-order valence-electron chi connectivity index (χ0n) is 11.8. The maximum atomic E-state index is 11.6. The van der Waals surface area contributed by atoms with Gasteiger partial charge in [0.1, 0.15) is 11.5 Å². The fourth-order valence-electron chi connectivity index (χ4n) is 1.88. The lowest BCUT2D eigenvalue weighted by Gasteiger charge is -2.14. The second kappa shape index (κ2) is 6.13. The summed E-state index contributed by atoms with van der Waals surface area (Å²) in [5.41, 5.74) is 4.89. The molecule has 0 saturated heterocycles. The van der Waals surface area contributed by atoms with E-state index in [4.69, 9.17) is 15.2 Å². The quantitative estimate of drug-likeness (QED) is 0.897. The van der Waals surface area contributed by atoms with Crippen molar-refractivity contribution in [2.24, 2.45) is 5.73 Å². The maximum Gasteiger partial charge on any atom is 0.318 e. The first-order valence-electron chi connectivity index (χ1n) is 6.34. The lowest BCUT2D eigenvalue weighted by molar-refractivity contribution is -0.126. The minimum atomic E-state index is -0.904. The third-order valence-corrected chi connectivity index (χ3v) is 2.95. The van der Waals surface area contributed by atoms with Gasteiger partial charge in [-0.2, -0.15) is 0 Å². The lowest BCUT2D eigenvalue weighted by Crippen LogP contribution is -2.42. The van der Waals surface area contributed by atoms with Gasteiger partial charge in [0.15, 0.2) is 6.10 Å². The monoisotopic (exact) mass is 288 g/mol. The molecule has 0 aliphatic rings. The third kappa shape index (κ3) is 3.62. The number of carbonyl (C=O) groups is 2. The minimum Gasteiger partial charge on any atom is -0.497 e. The van der Waals surface area contributed by atoms with Crippen LogP contribution in [-0.4, -0.2) is 25.2 Å². The van der Waals surface area contributed by atoms with Crippen molar-refractivity contribution in [2.75, 3.05) is 7.11 Å². The number of carbonyl (C=O) groups excluding carboxylic acids is 2. The number of hydrogen-bond acceptors (Lipinski definition) is 4. The highest BCUT2D eigenvalue weighted by Gasteiger charge is 2.16. The number of rotatable bonds is 4. The van der Waals surface area contributed by atoms with Gasteiger partial charge in [-0.1, -0.05) is 12.1 Å². The molecule has 0 saturated carbocycles. The molecule has 0 spiro atoms. The molecule has 0 aliphatic carbocycles. The predicted octanol–water partition coefficient (Wildman–Crippen LogP) is 1.81. The Labute approximate surface area is 121 Å². The summed E-state index contributed by atoms with van der Waals surface area (Å²) in [5.74, 6) is 0.662. The van der Waals surface area contributed by atoms with Crippen LogP contribution in [0.4, 0.5) is 4.79 Å². The maximum absolute atomic E-state index is 11.6. The van der Waals surface area contributed by atoms with E-state index >= 15 is 0 Å². The topological polar surface area (TPSA) is 90.7 Å². The summed E-state index contributed by atoms with van der Waals surface area (Å²) in [6.45, 7) is 1.54. The first-order chi connectivity index (χ1) is 9.99. The standard InChI is InChI=1S/C15H16N2O4/c1-9(14(18)17-15(16)19)21-13-6-4-10-3-5-12(20-2)7-11(10)8-13/h3-9H,1-2H3,(H3,16,17,18,19)/t9-/m1/s1. The molecular formula is C15H16N2O4. The van der Waals surface area contributed by atoms with Gasteiger partial charge in [-0.3, -0.25) is 10.1 Å². The molecule has 0 bridgehead atoms. The number of hydrogen-bond donors (Lipinski definition) is 2. The van der Waals surface area contributed by atoms with Crippen LogP contribution in [-0.2, 0) is 4.79 Å². The van der Waals surface area contributed by atoms with Gasteiger partial charge < -0.3 is 15.2 Å². The summed E-state index contributed by atoms with van der Waals surface area (Å²) in [6, 6.07) is 10.2. The van der Waals surface area contributed by atoms with Crippen LogP contribution in [0.2, 0.25) is 0 Å². The van der Waals surface area contributed by atoms with Crippen LogP contribution >= 0.6 is 0 Å². The van der Waals surface area contributed by atoms with Gasteiger partial charge in [-0.15, -0.1) is 0 Å². The van der Waals surface area contributed by atoms with Crippen molar-refractivity contribution < 1.29 is 19.1 Å². The molecule has 0 radical (unpaired) electrons. The summed E-state index contributed by atoms with van der Waals surface area (Å²) in [5, 5.41) is 3.92. The molecule has 21 heavy (non-hydrogen) atoms. The number of urea groups is 1. The number of amides is 3. The first-order valence-corrected chi connectivity index (χ1v) is 6.34. The summed E-state index contributed by atoms with van der Waals surface area (Å²) in [6.07, 6.45) is -0.833. The molecule has 2 aromatic rings. The molecule has 3 amide bonds. The highest BCUT2D eigenvalue weighted by atomic mass is 16.5. The Hall–Kier alpha value is -2.76. The summed E-state index contributed by atoms with van der Waals surface area (Å²) in [7, 11) is 1.59.